The quantitative estimate of drug-likeness (QED) is 0.282. The van der Waals surface area contributed by atoms with Crippen molar-refractivity contribution in [1.82, 2.24) is 14.1 Å². The first-order valence-electron chi connectivity index (χ1n) is 10.9. The number of fused-ring (bicyclic) bond motifs is 2. The summed E-state index contributed by atoms with van der Waals surface area (Å²) in [6, 6.07) is 12.8. The Kier molecular flexibility index (Phi) is 5.91. The highest BCUT2D eigenvalue weighted by Crippen LogP contribution is 2.38. The molecule has 0 saturated heterocycles. The molecule has 0 saturated carbocycles. The third-order valence-corrected chi connectivity index (χ3v) is 7.96. The van der Waals surface area contributed by atoms with Gasteiger partial charge < -0.3 is 14.2 Å². The van der Waals surface area contributed by atoms with Gasteiger partial charge in [0.1, 0.15) is 5.52 Å². The van der Waals surface area contributed by atoms with Crippen LogP contribution in [0.1, 0.15) is 12.5 Å². The highest BCUT2D eigenvalue weighted by Gasteiger charge is 2.18. The molecule has 0 aliphatic rings. The van der Waals surface area contributed by atoms with E-state index in [-0.39, 0.29) is 11.6 Å². The second-order valence-electron chi connectivity index (χ2n) is 8.33. The standard InChI is InChI=1S/C25H22Cl2N4O3S/c1-3-35(33,34)29-22-11-15(20-14-30(2)24-18(20)6-8-28-25(24)32)12-23-19(22)7-9-31(23)13-16-10-17(26)4-5-21(16)27/h4-12,14,29H,3,13H2,1-2H3,(H,28,32). The second-order valence-corrected chi connectivity index (χ2v) is 11.2. The largest absolute Gasteiger partial charge is 0.492 e. The maximum absolute atomic E-state index is 12.5. The normalized spacial score (nSPS) is 12.0. The first-order valence-corrected chi connectivity index (χ1v) is 13.3. The predicted octanol–water partition coefficient (Wildman–Crippen LogP) is 6.02. The van der Waals surface area contributed by atoms with Gasteiger partial charge in [-0.05, 0) is 60.5 Å². The molecular formula is C25H22Cl2N4O3S. The van der Waals surface area contributed by atoms with Gasteiger partial charge in [-0.15, -0.1) is 0 Å². The number of nitrogens with zero attached hydrogens (tertiary/aromatic N) is 3. The molecule has 0 bridgehead atoms. The van der Waals surface area contributed by atoms with Crippen LogP contribution in [0.3, 0.4) is 0 Å². The van der Waals surface area contributed by atoms with Gasteiger partial charge >= 0.3 is 0 Å². The van der Waals surface area contributed by atoms with Crippen molar-refractivity contribution in [3.63, 3.8) is 0 Å². The molecule has 10 heteroatoms. The number of anilines is 1. The van der Waals surface area contributed by atoms with Crippen LogP contribution in [-0.4, -0.2) is 33.4 Å². The summed E-state index contributed by atoms with van der Waals surface area (Å²) >= 11 is 12.6. The number of rotatable bonds is 6. The van der Waals surface area contributed by atoms with Crippen LogP contribution in [0.5, 0.6) is 5.88 Å². The van der Waals surface area contributed by atoms with E-state index < -0.39 is 10.0 Å². The maximum Gasteiger partial charge on any atom is 0.236 e. The molecule has 0 amide bonds. The van der Waals surface area contributed by atoms with Gasteiger partial charge in [0.05, 0.1) is 17.0 Å². The molecule has 0 fully saturated rings. The summed E-state index contributed by atoms with van der Waals surface area (Å²) in [5.74, 6) is -0.117. The van der Waals surface area contributed by atoms with Gasteiger partial charge in [0.15, 0.2) is 0 Å². The average molecular weight is 529 g/mol. The van der Waals surface area contributed by atoms with E-state index >= 15 is 0 Å². The number of sulfonamides is 1. The number of hydrogen-bond acceptors (Lipinski definition) is 4. The Labute approximate surface area is 212 Å². The van der Waals surface area contributed by atoms with Crippen LogP contribution in [0.15, 0.2) is 61.1 Å². The minimum atomic E-state index is -3.52. The fourth-order valence-corrected chi connectivity index (χ4v) is 5.35. The molecule has 35 heavy (non-hydrogen) atoms. The van der Waals surface area contributed by atoms with Gasteiger partial charge in [-0.1, -0.05) is 23.2 Å². The molecule has 2 N–H and O–H groups in total. The summed E-state index contributed by atoms with van der Waals surface area (Å²) in [6.07, 6.45) is 5.34. The van der Waals surface area contributed by atoms with Crippen molar-refractivity contribution in [2.75, 3.05) is 10.5 Å². The third kappa shape index (κ3) is 4.33. The van der Waals surface area contributed by atoms with Crippen molar-refractivity contribution in [2.24, 2.45) is 7.05 Å². The van der Waals surface area contributed by atoms with Crippen molar-refractivity contribution < 1.29 is 13.5 Å². The van der Waals surface area contributed by atoms with Crippen LogP contribution in [0.25, 0.3) is 32.9 Å². The van der Waals surface area contributed by atoms with Crippen LogP contribution >= 0.6 is 23.2 Å². The van der Waals surface area contributed by atoms with Crippen molar-refractivity contribution in [1.29, 1.82) is 0 Å². The average Bonchev–Trinajstić information content (AvgIpc) is 3.38. The van der Waals surface area contributed by atoms with E-state index in [0.29, 0.717) is 27.8 Å². The molecule has 3 heterocycles. The van der Waals surface area contributed by atoms with E-state index in [4.69, 9.17) is 23.2 Å². The molecule has 0 spiro atoms. The van der Waals surface area contributed by atoms with E-state index in [1.807, 2.05) is 54.3 Å². The zero-order valence-electron chi connectivity index (χ0n) is 19.0. The van der Waals surface area contributed by atoms with Crippen molar-refractivity contribution >= 4 is 60.7 Å². The highest BCUT2D eigenvalue weighted by atomic mass is 35.5. The summed E-state index contributed by atoms with van der Waals surface area (Å²) in [6.45, 7) is 2.04. The van der Waals surface area contributed by atoms with Crippen LogP contribution in [-0.2, 0) is 23.6 Å². The van der Waals surface area contributed by atoms with Gasteiger partial charge in [-0.25, -0.2) is 13.4 Å². The smallest absolute Gasteiger partial charge is 0.236 e. The molecule has 0 atom stereocenters. The van der Waals surface area contributed by atoms with E-state index in [0.717, 1.165) is 33.0 Å². The molecule has 5 rings (SSSR count). The minimum Gasteiger partial charge on any atom is -0.492 e. The summed E-state index contributed by atoms with van der Waals surface area (Å²) in [7, 11) is -1.69. The van der Waals surface area contributed by atoms with Crippen LogP contribution in [0.2, 0.25) is 10.0 Å². The number of benzene rings is 2. The third-order valence-electron chi connectivity index (χ3n) is 6.06. The molecule has 0 unspecified atom stereocenters. The summed E-state index contributed by atoms with van der Waals surface area (Å²) in [5, 5.41) is 13.0. The number of halogens is 2. The molecule has 3 aromatic heterocycles. The molecule has 0 radical (unpaired) electrons. The van der Waals surface area contributed by atoms with E-state index in [9.17, 15) is 13.5 Å². The number of aromatic nitrogens is 3. The van der Waals surface area contributed by atoms with Crippen LogP contribution in [0.4, 0.5) is 5.69 Å². The Morgan fingerprint density at radius 3 is 2.66 bits per heavy atom. The summed E-state index contributed by atoms with van der Waals surface area (Å²) < 4.78 is 31.5. The van der Waals surface area contributed by atoms with Gasteiger partial charge in [0, 0.05) is 58.6 Å². The molecule has 0 aliphatic heterocycles. The minimum absolute atomic E-state index is 0.0502. The Hall–Kier alpha value is -3.20. The zero-order chi connectivity index (χ0) is 24.9. The van der Waals surface area contributed by atoms with Gasteiger partial charge in [0.2, 0.25) is 15.9 Å². The molecule has 2 aromatic carbocycles. The van der Waals surface area contributed by atoms with E-state index in [1.54, 1.807) is 29.8 Å². The SMILES string of the molecule is CCS(=O)(=O)Nc1cc(-c2cn(C)c3c(O)nccc23)cc2c1ccn2Cc1cc(Cl)ccc1Cl. The maximum atomic E-state index is 12.5. The number of aryl methyl sites for hydroxylation is 1. The molecule has 0 aliphatic carbocycles. The Morgan fingerprint density at radius 2 is 1.89 bits per heavy atom. The zero-order valence-corrected chi connectivity index (χ0v) is 21.3. The monoisotopic (exact) mass is 528 g/mol. The first kappa shape index (κ1) is 23.5. The van der Waals surface area contributed by atoms with E-state index in [1.165, 1.54) is 0 Å². The molecule has 7 nitrogen and oxygen atoms in total. The van der Waals surface area contributed by atoms with Crippen LogP contribution < -0.4 is 4.72 Å². The number of nitrogens with one attached hydrogen (secondary N) is 1. The predicted molar refractivity (Wildman–Crippen MR) is 142 cm³/mol. The highest BCUT2D eigenvalue weighted by molar-refractivity contribution is 7.92. The van der Waals surface area contributed by atoms with E-state index in [2.05, 4.69) is 9.71 Å². The Bertz CT molecular complexity index is 1710. The topological polar surface area (TPSA) is 89.2 Å². The lowest BCUT2D eigenvalue weighted by Gasteiger charge is -2.13. The number of pyridine rings is 1. The summed E-state index contributed by atoms with van der Waals surface area (Å²) in [5.41, 5.74) is 4.37. The fraction of sp³-hybridized carbons (Fsp3) is 0.160. The lowest BCUT2D eigenvalue weighted by atomic mass is 10.0. The Morgan fingerprint density at radius 1 is 1.09 bits per heavy atom. The van der Waals surface area contributed by atoms with Gasteiger partial charge in [-0.2, -0.15) is 0 Å². The molecule has 5 aromatic rings. The summed E-state index contributed by atoms with van der Waals surface area (Å²) in [4.78, 5) is 3.99. The van der Waals surface area contributed by atoms with Gasteiger partial charge in [-0.3, -0.25) is 4.72 Å². The van der Waals surface area contributed by atoms with Crippen molar-refractivity contribution in [2.45, 2.75) is 13.5 Å². The van der Waals surface area contributed by atoms with Crippen molar-refractivity contribution in [3.8, 4) is 17.0 Å². The second kappa shape index (κ2) is 8.78. The van der Waals surface area contributed by atoms with Crippen LogP contribution in [0, 0.1) is 0 Å². The Balaban J connectivity index is 1.74. The van der Waals surface area contributed by atoms with Gasteiger partial charge in [0.25, 0.3) is 0 Å². The fourth-order valence-electron chi connectivity index (χ4n) is 4.33. The number of aromatic hydroxyl groups is 1. The molecular weight excluding hydrogens is 507 g/mol. The first-order chi connectivity index (χ1) is 16.7. The number of hydrogen-bond donors (Lipinski definition) is 2. The molecule has 180 valence electrons. The lowest BCUT2D eigenvalue weighted by molar-refractivity contribution is 0.457. The van der Waals surface area contributed by atoms with Crippen molar-refractivity contribution in [3.05, 3.63) is 76.7 Å². The lowest BCUT2D eigenvalue weighted by Crippen LogP contribution is -2.14.